The Balaban J connectivity index is 1.98. The summed E-state index contributed by atoms with van der Waals surface area (Å²) in [6, 6.07) is 8.40. The van der Waals surface area contributed by atoms with Gasteiger partial charge in [0.2, 0.25) is 0 Å². The van der Waals surface area contributed by atoms with Crippen molar-refractivity contribution < 1.29 is 4.79 Å². The van der Waals surface area contributed by atoms with E-state index in [0.717, 1.165) is 29.8 Å². The summed E-state index contributed by atoms with van der Waals surface area (Å²) in [5.74, 6) is 1.21. The fourth-order valence-corrected chi connectivity index (χ4v) is 3.98. The van der Waals surface area contributed by atoms with Crippen LogP contribution in [0.4, 0.5) is 5.69 Å². The number of hydrogen-bond acceptors (Lipinski definition) is 3. The zero-order valence-corrected chi connectivity index (χ0v) is 14.0. The van der Waals surface area contributed by atoms with Gasteiger partial charge in [-0.25, -0.2) is 0 Å². The Morgan fingerprint density at radius 3 is 2.81 bits per heavy atom. The van der Waals surface area contributed by atoms with Crippen molar-refractivity contribution in [3.05, 3.63) is 29.8 Å². The first-order chi connectivity index (χ1) is 10.1. The third kappa shape index (κ3) is 4.67. The maximum atomic E-state index is 12.5. The van der Waals surface area contributed by atoms with Crippen molar-refractivity contribution in [1.82, 2.24) is 5.32 Å². The number of amides is 1. The first-order valence-corrected chi connectivity index (χ1v) is 8.93. The predicted octanol–water partition coefficient (Wildman–Crippen LogP) is 3.91. The van der Waals surface area contributed by atoms with Crippen LogP contribution in [0.2, 0.25) is 0 Å². The molecule has 2 unspecified atom stereocenters. The number of carbonyl (C=O) groups is 1. The van der Waals surface area contributed by atoms with E-state index in [1.165, 1.54) is 6.42 Å². The molecule has 0 aliphatic heterocycles. The summed E-state index contributed by atoms with van der Waals surface area (Å²) in [5.41, 5.74) is 1.67. The molecule has 0 radical (unpaired) electrons. The smallest absolute Gasteiger partial charge is 0.253 e. The highest BCUT2D eigenvalue weighted by Crippen LogP contribution is 2.30. The van der Waals surface area contributed by atoms with Crippen molar-refractivity contribution >= 4 is 23.4 Å². The second-order valence-electron chi connectivity index (χ2n) is 5.91. The monoisotopic (exact) mass is 306 g/mol. The van der Waals surface area contributed by atoms with Crippen molar-refractivity contribution in [1.29, 1.82) is 0 Å². The van der Waals surface area contributed by atoms with Crippen molar-refractivity contribution in [3.8, 4) is 0 Å². The highest BCUT2D eigenvalue weighted by atomic mass is 32.2. The molecule has 1 amide bonds. The van der Waals surface area contributed by atoms with E-state index in [1.807, 2.05) is 36.0 Å². The van der Waals surface area contributed by atoms with E-state index in [4.69, 9.17) is 0 Å². The van der Waals surface area contributed by atoms with Gasteiger partial charge in [-0.1, -0.05) is 19.1 Å². The predicted molar refractivity (Wildman–Crippen MR) is 92.2 cm³/mol. The maximum Gasteiger partial charge on any atom is 0.253 e. The van der Waals surface area contributed by atoms with Crippen LogP contribution < -0.4 is 10.6 Å². The molecule has 1 fully saturated rings. The van der Waals surface area contributed by atoms with Crippen molar-refractivity contribution in [2.75, 3.05) is 11.1 Å². The summed E-state index contributed by atoms with van der Waals surface area (Å²) in [5, 5.41) is 7.26. The van der Waals surface area contributed by atoms with Gasteiger partial charge in [-0.3, -0.25) is 4.79 Å². The minimum absolute atomic E-state index is 0.0471. The van der Waals surface area contributed by atoms with Crippen LogP contribution >= 0.6 is 11.8 Å². The van der Waals surface area contributed by atoms with Crippen LogP contribution in [0.1, 0.15) is 50.4 Å². The molecule has 4 heteroatoms. The fraction of sp³-hybridized carbons (Fsp3) is 0.588. The number of nitrogens with one attached hydrogen (secondary N) is 2. The van der Waals surface area contributed by atoms with E-state index in [2.05, 4.69) is 31.4 Å². The number of rotatable bonds is 6. The second kappa shape index (κ2) is 7.74. The molecular weight excluding hydrogens is 280 g/mol. The largest absolute Gasteiger partial charge is 0.382 e. The van der Waals surface area contributed by atoms with Crippen LogP contribution in [0.15, 0.2) is 24.3 Å². The Labute approximate surface area is 132 Å². The van der Waals surface area contributed by atoms with Gasteiger partial charge in [-0.15, -0.1) is 0 Å². The zero-order chi connectivity index (χ0) is 15.2. The summed E-state index contributed by atoms with van der Waals surface area (Å²) >= 11 is 2.01. The lowest BCUT2D eigenvalue weighted by Crippen LogP contribution is -2.33. The molecule has 0 bridgehead atoms. The first kappa shape index (κ1) is 16.2. The molecule has 1 saturated carbocycles. The number of thioether (sulfide) groups is 1. The van der Waals surface area contributed by atoms with Crippen molar-refractivity contribution in [3.63, 3.8) is 0 Å². The van der Waals surface area contributed by atoms with Gasteiger partial charge >= 0.3 is 0 Å². The average Bonchev–Trinajstić information content (AvgIpc) is 2.86. The SMILES string of the molecule is CCSC1CCC(NC(=O)c2ccccc2NC(C)C)C1. The average molecular weight is 306 g/mol. The fourth-order valence-electron chi connectivity index (χ4n) is 2.84. The van der Waals surface area contributed by atoms with E-state index in [0.29, 0.717) is 17.3 Å². The van der Waals surface area contributed by atoms with Gasteiger partial charge in [0, 0.05) is 23.0 Å². The van der Waals surface area contributed by atoms with Gasteiger partial charge < -0.3 is 10.6 Å². The Hall–Kier alpha value is -1.16. The lowest BCUT2D eigenvalue weighted by atomic mass is 10.1. The molecular formula is C17H26N2OS. The summed E-state index contributed by atoms with van der Waals surface area (Å²) in [7, 11) is 0. The number of benzene rings is 1. The van der Waals surface area contributed by atoms with Gasteiger partial charge in [0.25, 0.3) is 5.91 Å². The zero-order valence-electron chi connectivity index (χ0n) is 13.2. The minimum Gasteiger partial charge on any atom is -0.382 e. The normalized spacial score (nSPS) is 21.5. The molecule has 3 nitrogen and oxygen atoms in total. The van der Waals surface area contributed by atoms with Crippen molar-refractivity contribution in [2.45, 2.75) is 57.4 Å². The summed E-state index contributed by atoms with van der Waals surface area (Å²) < 4.78 is 0. The molecule has 2 atom stereocenters. The van der Waals surface area contributed by atoms with E-state index in [1.54, 1.807) is 0 Å². The third-order valence-corrected chi connectivity index (χ3v) is 4.97. The highest BCUT2D eigenvalue weighted by molar-refractivity contribution is 7.99. The molecule has 1 aromatic rings. The van der Waals surface area contributed by atoms with Crippen LogP contribution in [0.5, 0.6) is 0 Å². The van der Waals surface area contributed by atoms with Gasteiger partial charge in [0.05, 0.1) is 5.56 Å². The lowest BCUT2D eigenvalue weighted by Gasteiger charge is -2.17. The number of anilines is 1. The summed E-state index contributed by atoms with van der Waals surface area (Å²) in [6.07, 6.45) is 3.42. The van der Waals surface area contributed by atoms with Crippen LogP contribution in [-0.2, 0) is 0 Å². The number of carbonyl (C=O) groups excluding carboxylic acids is 1. The van der Waals surface area contributed by atoms with E-state index in [9.17, 15) is 4.79 Å². The summed E-state index contributed by atoms with van der Waals surface area (Å²) in [6.45, 7) is 6.36. The molecule has 0 aromatic heterocycles. The van der Waals surface area contributed by atoms with Crippen LogP contribution in [0.25, 0.3) is 0 Å². The number of para-hydroxylation sites is 1. The van der Waals surface area contributed by atoms with Gasteiger partial charge in [-0.2, -0.15) is 11.8 Å². The molecule has 1 aromatic carbocycles. The standard InChI is InChI=1S/C17H26N2OS/c1-4-21-14-10-9-13(11-14)19-17(20)15-7-5-6-8-16(15)18-12(2)3/h5-8,12-14,18H,4,9-11H2,1-3H3,(H,19,20). The Morgan fingerprint density at radius 1 is 1.33 bits per heavy atom. The van der Waals surface area contributed by atoms with E-state index < -0.39 is 0 Å². The molecule has 0 saturated heterocycles. The Bertz CT molecular complexity index is 476. The molecule has 2 rings (SSSR count). The molecule has 1 aliphatic carbocycles. The maximum absolute atomic E-state index is 12.5. The third-order valence-electron chi connectivity index (χ3n) is 3.74. The molecule has 0 heterocycles. The van der Waals surface area contributed by atoms with Crippen LogP contribution in [0.3, 0.4) is 0 Å². The van der Waals surface area contributed by atoms with Gasteiger partial charge in [-0.05, 0) is 51.0 Å². The van der Waals surface area contributed by atoms with Crippen LogP contribution in [0, 0.1) is 0 Å². The van der Waals surface area contributed by atoms with Gasteiger partial charge in [0.15, 0.2) is 0 Å². The summed E-state index contributed by atoms with van der Waals surface area (Å²) in [4.78, 5) is 12.5. The molecule has 1 aliphatic rings. The van der Waals surface area contributed by atoms with Gasteiger partial charge in [0.1, 0.15) is 0 Å². The Morgan fingerprint density at radius 2 is 2.10 bits per heavy atom. The lowest BCUT2D eigenvalue weighted by molar-refractivity contribution is 0.0939. The minimum atomic E-state index is 0.0471. The Kier molecular flexibility index (Phi) is 5.97. The van der Waals surface area contributed by atoms with E-state index in [-0.39, 0.29) is 5.91 Å². The second-order valence-corrected chi connectivity index (χ2v) is 7.48. The first-order valence-electron chi connectivity index (χ1n) is 7.88. The molecule has 0 spiro atoms. The van der Waals surface area contributed by atoms with E-state index >= 15 is 0 Å². The van der Waals surface area contributed by atoms with Crippen LogP contribution in [-0.4, -0.2) is 29.0 Å². The molecule has 2 N–H and O–H groups in total. The topological polar surface area (TPSA) is 41.1 Å². The molecule has 21 heavy (non-hydrogen) atoms. The molecule has 116 valence electrons. The highest BCUT2D eigenvalue weighted by Gasteiger charge is 2.26. The van der Waals surface area contributed by atoms with Crippen molar-refractivity contribution in [2.24, 2.45) is 0 Å². The number of hydrogen-bond donors (Lipinski definition) is 2. The quantitative estimate of drug-likeness (QED) is 0.837.